The molecule has 34 heavy (non-hydrogen) atoms. The summed E-state index contributed by atoms with van der Waals surface area (Å²) >= 11 is 0. The van der Waals surface area contributed by atoms with E-state index in [0.29, 0.717) is 32.5 Å². The fraction of sp³-hybridized carbons (Fsp3) is 0.259. The topological polar surface area (TPSA) is 104 Å². The van der Waals surface area contributed by atoms with Crippen molar-refractivity contribution in [1.29, 1.82) is 0 Å². The molecule has 7 nitrogen and oxygen atoms in total. The van der Waals surface area contributed by atoms with Crippen molar-refractivity contribution >= 4 is 55.4 Å². The smallest absolute Gasteiger partial charge is 0.276 e. The normalized spacial score (nSPS) is 12.9. The third kappa shape index (κ3) is 2.93. The second-order valence-electron chi connectivity index (χ2n) is 8.25. The molecule has 0 radical (unpaired) electrons. The van der Waals surface area contributed by atoms with Gasteiger partial charge in [-0.1, -0.05) is 52.3 Å². The molecule has 0 fully saturated rings. The Hall–Kier alpha value is -3.84. The molecular formula is C27H30N4O3. The lowest BCUT2D eigenvalue weighted by molar-refractivity contribution is 0.0655. The highest BCUT2D eigenvalue weighted by atomic mass is 16.3. The lowest BCUT2D eigenvalue weighted by atomic mass is 9.96. The summed E-state index contributed by atoms with van der Waals surface area (Å²) in [4.78, 5) is 29.5. The summed E-state index contributed by atoms with van der Waals surface area (Å²) in [5.74, 6) is 5.01. The maximum Gasteiger partial charge on any atom is 0.276 e. The lowest BCUT2D eigenvalue weighted by Crippen LogP contribution is -2.36. The van der Waals surface area contributed by atoms with Crippen LogP contribution in [0.3, 0.4) is 0 Å². The predicted octanol–water partition coefficient (Wildman–Crippen LogP) is 5.89. The van der Waals surface area contributed by atoms with Crippen LogP contribution in [-0.4, -0.2) is 31.5 Å². The van der Waals surface area contributed by atoms with Crippen molar-refractivity contribution in [2.75, 3.05) is 0 Å². The fourth-order valence-electron chi connectivity index (χ4n) is 4.87. The molecule has 4 N–H and O–H groups in total. The third-order valence-corrected chi connectivity index (χ3v) is 6.14. The van der Waals surface area contributed by atoms with Crippen LogP contribution in [0.15, 0.2) is 36.4 Å². The maximum absolute atomic E-state index is 13.0. The van der Waals surface area contributed by atoms with Crippen molar-refractivity contribution in [2.24, 2.45) is 12.9 Å². The molecule has 176 valence electrons. The Morgan fingerprint density at radius 3 is 2.15 bits per heavy atom. The molecule has 3 heterocycles. The SMILES string of the molecule is CC.CCC.Cc1c(O)ccc2c3c4c(c5c6ccccc6[nH]c5c3n(C)c12)C(=O)N(N)C4=O. The first-order valence-corrected chi connectivity index (χ1v) is 11.6. The summed E-state index contributed by atoms with van der Waals surface area (Å²) in [7, 11) is 1.90. The van der Waals surface area contributed by atoms with E-state index in [1.54, 1.807) is 12.1 Å². The summed E-state index contributed by atoms with van der Waals surface area (Å²) in [6.45, 7) is 10.1. The fourth-order valence-corrected chi connectivity index (χ4v) is 4.87. The van der Waals surface area contributed by atoms with Crippen LogP contribution in [0, 0.1) is 6.92 Å². The molecule has 7 heteroatoms. The van der Waals surface area contributed by atoms with Gasteiger partial charge >= 0.3 is 0 Å². The number of H-pyrrole nitrogens is 1. The van der Waals surface area contributed by atoms with Gasteiger partial charge in [-0.05, 0) is 25.1 Å². The number of nitrogens with zero attached hydrogens (tertiary/aromatic N) is 2. The average molecular weight is 459 g/mol. The number of carbonyl (C=O) groups is 2. The molecule has 3 aromatic carbocycles. The molecule has 5 aromatic rings. The minimum absolute atomic E-state index is 0.177. The zero-order chi connectivity index (χ0) is 24.9. The number of rotatable bonds is 0. The number of nitrogens with two attached hydrogens (primary N) is 1. The Labute approximate surface area is 197 Å². The third-order valence-electron chi connectivity index (χ3n) is 6.14. The molecule has 0 saturated carbocycles. The Balaban J connectivity index is 0.000000510. The summed E-state index contributed by atoms with van der Waals surface area (Å²) < 4.78 is 1.97. The molecule has 0 aliphatic carbocycles. The Bertz CT molecular complexity index is 1610. The van der Waals surface area contributed by atoms with E-state index in [1.165, 1.54) is 6.42 Å². The monoisotopic (exact) mass is 458 g/mol. The Morgan fingerprint density at radius 1 is 0.912 bits per heavy atom. The highest BCUT2D eigenvalue weighted by molar-refractivity contribution is 6.39. The van der Waals surface area contributed by atoms with E-state index >= 15 is 0 Å². The van der Waals surface area contributed by atoms with Crippen LogP contribution in [0.2, 0.25) is 0 Å². The number of carbonyl (C=O) groups excluding carboxylic acids is 2. The molecule has 6 rings (SSSR count). The average Bonchev–Trinajstić information content (AvgIpc) is 3.43. The predicted molar refractivity (Wildman–Crippen MR) is 138 cm³/mol. The van der Waals surface area contributed by atoms with E-state index < -0.39 is 11.8 Å². The number of benzene rings is 3. The van der Waals surface area contributed by atoms with Crippen molar-refractivity contribution in [3.63, 3.8) is 0 Å². The number of aromatic amines is 1. The number of fused-ring (bicyclic) bond motifs is 10. The van der Waals surface area contributed by atoms with Gasteiger partial charge in [-0.3, -0.25) is 9.59 Å². The molecule has 0 unspecified atom stereocenters. The van der Waals surface area contributed by atoms with Crippen LogP contribution >= 0.6 is 0 Å². The number of imide groups is 1. The molecule has 0 atom stereocenters. The van der Waals surface area contributed by atoms with Crippen molar-refractivity contribution in [3.8, 4) is 5.75 Å². The second kappa shape index (κ2) is 8.50. The van der Waals surface area contributed by atoms with Crippen LogP contribution < -0.4 is 5.84 Å². The Kier molecular flexibility index (Phi) is 5.83. The standard InChI is InChI=1S/C22H16N4O3.C3H8.C2H6/c1-9-13(27)8-7-11-15-17-16(21(28)26(23)22(17)29)14-10-5-3-4-6-12(10)24-18(14)20(15)25(2)19(9)11;1-3-2;1-2/h3-8,24,27H,23H2,1-2H3;3H2,1-2H3;1-2H3. The second-order valence-corrected chi connectivity index (χ2v) is 8.25. The zero-order valence-corrected chi connectivity index (χ0v) is 20.4. The van der Waals surface area contributed by atoms with E-state index in [9.17, 15) is 14.7 Å². The van der Waals surface area contributed by atoms with Crippen LogP contribution in [0.1, 0.15) is 60.4 Å². The first kappa shape index (κ1) is 23.3. The molecule has 0 spiro atoms. The van der Waals surface area contributed by atoms with Gasteiger partial charge in [-0.2, -0.15) is 0 Å². The number of aryl methyl sites for hydroxylation is 2. The molecule has 0 saturated heterocycles. The van der Waals surface area contributed by atoms with Crippen LogP contribution in [0.5, 0.6) is 5.75 Å². The zero-order valence-electron chi connectivity index (χ0n) is 20.4. The number of hydrazine groups is 1. The van der Waals surface area contributed by atoms with E-state index in [1.807, 2.05) is 56.7 Å². The van der Waals surface area contributed by atoms with Gasteiger partial charge in [0.15, 0.2) is 0 Å². The first-order chi connectivity index (χ1) is 16.3. The molecule has 0 bridgehead atoms. The molecular weight excluding hydrogens is 428 g/mol. The number of aromatic hydroxyl groups is 1. The van der Waals surface area contributed by atoms with Crippen LogP contribution in [-0.2, 0) is 7.05 Å². The number of para-hydroxylation sites is 1. The van der Waals surface area contributed by atoms with Gasteiger partial charge in [0.05, 0.1) is 27.7 Å². The van der Waals surface area contributed by atoms with Gasteiger partial charge in [-0.25, -0.2) is 10.9 Å². The van der Waals surface area contributed by atoms with E-state index in [2.05, 4.69) is 18.8 Å². The van der Waals surface area contributed by atoms with Crippen LogP contribution in [0.25, 0.3) is 43.6 Å². The quantitative estimate of drug-likeness (QED) is 0.153. The van der Waals surface area contributed by atoms with Crippen molar-refractivity contribution in [1.82, 2.24) is 14.6 Å². The summed E-state index contributed by atoms with van der Waals surface area (Å²) in [6.07, 6.45) is 1.25. The summed E-state index contributed by atoms with van der Waals surface area (Å²) in [5.41, 5.74) is 4.61. The van der Waals surface area contributed by atoms with Gasteiger partial charge in [0.25, 0.3) is 11.8 Å². The molecule has 1 aliphatic rings. The van der Waals surface area contributed by atoms with Crippen molar-refractivity contribution < 1.29 is 14.7 Å². The number of phenolic OH excluding ortho intramolecular Hbond substituents is 1. The molecule has 1 aliphatic heterocycles. The van der Waals surface area contributed by atoms with E-state index in [-0.39, 0.29) is 5.75 Å². The first-order valence-electron chi connectivity index (χ1n) is 11.6. The van der Waals surface area contributed by atoms with Crippen molar-refractivity contribution in [3.05, 3.63) is 53.1 Å². The van der Waals surface area contributed by atoms with E-state index in [4.69, 9.17) is 5.84 Å². The van der Waals surface area contributed by atoms with Gasteiger partial charge < -0.3 is 14.7 Å². The molecule has 2 amide bonds. The van der Waals surface area contributed by atoms with Crippen LogP contribution in [0.4, 0.5) is 0 Å². The lowest BCUT2D eigenvalue weighted by Gasteiger charge is -2.05. The number of hydrogen-bond donors (Lipinski definition) is 3. The minimum atomic E-state index is -0.514. The Morgan fingerprint density at radius 2 is 1.50 bits per heavy atom. The van der Waals surface area contributed by atoms with Gasteiger partial charge in [-0.15, -0.1) is 0 Å². The number of nitrogens with one attached hydrogen (secondary N) is 1. The maximum atomic E-state index is 13.0. The molecule has 2 aromatic heterocycles. The number of hydrogen-bond acceptors (Lipinski definition) is 4. The van der Waals surface area contributed by atoms with Gasteiger partial charge in [0.1, 0.15) is 5.75 Å². The van der Waals surface area contributed by atoms with Crippen molar-refractivity contribution in [2.45, 2.75) is 41.0 Å². The number of amides is 2. The van der Waals surface area contributed by atoms with Gasteiger partial charge in [0.2, 0.25) is 0 Å². The minimum Gasteiger partial charge on any atom is -0.508 e. The highest BCUT2D eigenvalue weighted by Gasteiger charge is 2.40. The number of phenols is 1. The van der Waals surface area contributed by atoms with Gasteiger partial charge in [0, 0.05) is 39.7 Å². The summed E-state index contributed by atoms with van der Waals surface area (Å²) in [5, 5.41) is 14.0. The largest absolute Gasteiger partial charge is 0.508 e. The van der Waals surface area contributed by atoms with E-state index in [0.717, 1.165) is 32.8 Å². The summed E-state index contributed by atoms with van der Waals surface area (Å²) in [6, 6.07) is 11.1. The number of aromatic nitrogens is 2. The highest BCUT2D eigenvalue weighted by Crippen LogP contribution is 2.45.